The van der Waals surface area contributed by atoms with E-state index >= 15 is 0 Å². The fourth-order valence-electron chi connectivity index (χ4n) is 4.08. The van der Waals surface area contributed by atoms with Crippen molar-refractivity contribution in [3.05, 3.63) is 34.6 Å². The van der Waals surface area contributed by atoms with E-state index < -0.39 is 0 Å². The molecule has 1 aromatic carbocycles. The number of nitrogens with zero attached hydrogens (tertiary/aromatic N) is 4. The fraction of sp³-hybridized carbons (Fsp3) is 0.524. The summed E-state index contributed by atoms with van der Waals surface area (Å²) < 4.78 is 3.57. The average molecular weight is 414 g/mol. The van der Waals surface area contributed by atoms with Gasteiger partial charge in [-0.3, -0.25) is 18.6 Å². The lowest BCUT2D eigenvalue weighted by Gasteiger charge is -2.15. The Kier molecular flexibility index (Phi) is 6.18. The second-order valence-corrected chi connectivity index (χ2v) is 8.58. The Hall–Kier alpha value is -2.35. The zero-order valence-corrected chi connectivity index (χ0v) is 17.6. The van der Waals surface area contributed by atoms with Gasteiger partial charge in [0.1, 0.15) is 0 Å². The summed E-state index contributed by atoms with van der Waals surface area (Å²) >= 11 is 1.37. The Morgan fingerprint density at radius 1 is 1.17 bits per heavy atom. The molecule has 0 radical (unpaired) electrons. The maximum Gasteiger partial charge on any atom is 0.262 e. The van der Waals surface area contributed by atoms with E-state index in [1.165, 1.54) is 37.4 Å². The standard InChI is InChI=1S/C21H27N5O2S/c1-2-13-25-19(28)16-11-7-8-12-17(16)26-20(25)23-24-21(26)29-14-18(27)22-15-9-5-3-4-6-10-15/h7-8,11-12,15H,2-6,9-10,13-14H2,1H3,(H,22,27). The first kappa shape index (κ1) is 19.9. The summed E-state index contributed by atoms with van der Waals surface area (Å²) in [4.78, 5) is 25.4. The summed E-state index contributed by atoms with van der Waals surface area (Å²) in [6, 6.07) is 7.79. The molecule has 3 aromatic rings. The van der Waals surface area contributed by atoms with Crippen molar-refractivity contribution >= 4 is 34.3 Å². The molecule has 2 heterocycles. The van der Waals surface area contributed by atoms with Gasteiger partial charge in [-0.05, 0) is 31.4 Å². The van der Waals surface area contributed by atoms with E-state index in [9.17, 15) is 9.59 Å². The third kappa shape index (κ3) is 4.17. The fourth-order valence-corrected chi connectivity index (χ4v) is 4.83. The number of fused-ring (bicyclic) bond motifs is 3. The van der Waals surface area contributed by atoms with Crippen molar-refractivity contribution in [2.75, 3.05) is 5.75 Å². The van der Waals surface area contributed by atoms with Gasteiger partial charge in [0.15, 0.2) is 5.16 Å². The number of para-hydroxylation sites is 1. The highest BCUT2D eigenvalue weighted by molar-refractivity contribution is 7.99. The number of carbonyl (C=O) groups excluding carboxylic acids is 1. The van der Waals surface area contributed by atoms with Crippen LogP contribution >= 0.6 is 11.8 Å². The van der Waals surface area contributed by atoms with E-state index in [0.717, 1.165) is 24.8 Å². The Labute approximate surface area is 173 Å². The lowest BCUT2D eigenvalue weighted by atomic mass is 10.1. The van der Waals surface area contributed by atoms with E-state index in [1.54, 1.807) is 4.57 Å². The number of thioether (sulfide) groups is 1. The summed E-state index contributed by atoms with van der Waals surface area (Å²) in [6.45, 7) is 2.61. The SMILES string of the molecule is CCCn1c(=O)c2ccccc2n2c(SCC(=O)NC3CCCCCC3)nnc12. The van der Waals surface area contributed by atoms with Crippen LogP contribution in [-0.2, 0) is 11.3 Å². The molecular weight excluding hydrogens is 386 g/mol. The first-order valence-electron chi connectivity index (χ1n) is 10.5. The topological polar surface area (TPSA) is 81.3 Å². The van der Waals surface area contributed by atoms with Gasteiger partial charge in [0.25, 0.3) is 5.56 Å². The third-order valence-electron chi connectivity index (χ3n) is 5.48. The smallest absolute Gasteiger partial charge is 0.262 e. The number of benzene rings is 1. The van der Waals surface area contributed by atoms with E-state index in [2.05, 4.69) is 15.5 Å². The maximum absolute atomic E-state index is 12.9. The molecule has 1 saturated carbocycles. The van der Waals surface area contributed by atoms with Gasteiger partial charge in [-0.15, -0.1) is 10.2 Å². The molecule has 1 N–H and O–H groups in total. The zero-order valence-electron chi connectivity index (χ0n) is 16.8. The molecule has 0 unspecified atom stereocenters. The van der Waals surface area contributed by atoms with Crippen LogP contribution in [0.2, 0.25) is 0 Å². The second-order valence-electron chi connectivity index (χ2n) is 7.64. The Bertz CT molecular complexity index is 1070. The van der Waals surface area contributed by atoms with Crippen LogP contribution in [-0.4, -0.2) is 36.9 Å². The zero-order chi connectivity index (χ0) is 20.2. The van der Waals surface area contributed by atoms with Crippen molar-refractivity contribution in [2.24, 2.45) is 0 Å². The largest absolute Gasteiger partial charge is 0.353 e. The first-order valence-corrected chi connectivity index (χ1v) is 11.5. The predicted molar refractivity (Wildman–Crippen MR) is 115 cm³/mol. The van der Waals surface area contributed by atoms with Crippen LogP contribution in [0, 0.1) is 0 Å². The van der Waals surface area contributed by atoms with Crippen LogP contribution in [0.15, 0.2) is 34.2 Å². The molecule has 4 rings (SSSR count). The monoisotopic (exact) mass is 413 g/mol. The lowest BCUT2D eigenvalue weighted by molar-refractivity contribution is -0.119. The van der Waals surface area contributed by atoms with Crippen molar-refractivity contribution in [1.29, 1.82) is 0 Å². The molecule has 7 nitrogen and oxygen atoms in total. The molecule has 2 aromatic heterocycles. The normalized spacial score (nSPS) is 15.6. The number of rotatable bonds is 6. The summed E-state index contributed by atoms with van der Waals surface area (Å²) in [5.41, 5.74) is 0.724. The number of amides is 1. The van der Waals surface area contributed by atoms with Gasteiger partial charge >= 0.3 is 0 Å². The summed E-state index contributed by atoms with van der Waals surface area (Å²) in [6.07, 6.45) is 7.87. The van der Waals surface area contributed by atoms with Gasteiger partial charge in [0.2, 0.25) is 11.7 Å². The second kappa shape index (κ2) is 8.98. The molecule has 0 spiro atoms. The highest BCUT2D eigenvalue weighted by Gasteiger charge is 2.19. The van der Waals surface area contributed by atoms with E-state index in [1.807, 2.05) is 35.6 Å². The van der Waals surface area contributed by atoms with Gasteiger partial charge in [0.05, 0.1) is 16.7 Å². The molecule has 8 heteroatoms. The minimum absolute atomic E-state index is 0.0323. The Balaban J connectivity index is 1.59. The number of aryl methyl sites for hydroxylation is 1. The highest BCUT2D eigenvalue weighted by atomic mass is 32.2. The van der Waals surface area contributed by atoms with Crippen LogP contribution in [0.25, 0.3) is 16.7 Å². The molecule has 0 aliphatic heterocycles. The Morgan fingerprint density at radius 2 is 1.93 bits per heavy atom. The molecule has 154 valence electrons. The first-order chi connectivity index (χ1) is 14.2. The van der Waals surface area contributed by atoms with Crippen LogP contribution in [0.5, 0.6) is 0 Å². The van der Waals surface area contributed by atoms with Crippen molar-refractivity contribution in [3.8, 4) is 0 Å². The number of nitrogens with one attached hydrogen (secondary N) is 1. The van der Waals surface area contributed by atoms with Gasteiger partial charge < -0.3 is 5.32 Å². The molecule has 0 atom stereocenters. The number of carbonyl (C=O) groups is 1. The number of hydrogen-bond acceptors (Lipinski definition) is 5. The van der Waals surface area contributed by atoms with Crippen molar-refractivity contribution in [1.82, 2.24) is 24.5 Å². The molecule has 1 aliphatic rings. The molecule has 1 fully saturated rings. The summed E-state index contributed by atoms with van der Waals surface area (Å²) in [5, 5.41) is 13.0. The predicted octanol–water partition coefficient (Wildman–Crippen LogP) is 3.39. The van der Waals surface area contributed by atoms with Crippen LogP contribution in [0.1, 0.15) is 51.9 Å². The molecule has 1 aliphatic carbocycles. The van der Waals surface area contributed by atoms with Crippen LogP contribution in [0.3, 0.4) is 0 Å². The van der Waals surface area contributed by atoms with Gasteiger partial charge in [-0.2, -0.15) is 0 Å². The van der Waals surface area contributed by atoms with Crippen molar-refractivity contribution in [2.45, 2.75) is 69.6 Å². The van der Waals surface area contributed by atoms with Gasteiger partial charge in [-0.1, -0.05) is 56.5 Å². The summed E-state index contributed by atoms with van der Waals surface area (Å²) in [7, 11) is 0. The molecule has 29 heavy (non-hydrogen) atoms. The van der Waals surface area contributed by atoms with E-state index in [4.69, 9.17) is 0 Å². The minimum atomic E-state index is -0.0509. The van der Waals surface area contributed by atoms with Gasteiger partial charge in [-0.25, -0.2) is 0 Å². The van der Waals surface area contributed by atoms with E-state index in [-0.39, 0.29) is 17.5 Å². The quantitative estimate of drug-likeness (QED) is 0.495. The van der Waals surface area contributed by atoms with Gasteiger partial charge in [0, 0.05) is 12.6 Å². The highest BCUT2D eigenvalue weighted by Crippen LogP contribution is 2.22. The molecular formula is C21H27N5O2S. The Morgan fingerprint density at radius 3 is 2.69 bits per heavy atom. The number of aromatic nitrogens is 4. The van der Waals surface area contributed by atoms with E-state index in [0.29, 0.717) is 28.6 Å². The summed E-state index contributed by atoms with van der Waals surface area (Å²) in [5.74, 6) is 0.852. The van der Waals surface area contributed by atoms with Crippen molar-refractivity contribution in [3.63, 3.8) is 0 Å². The number of hydrogen-bond donors (Lipinski definition) is 1. The van der Waals surface area contributed by atoms with Crippen molar-refractivity contribution < 1.29 is 4.79 Å². The molecule has 1 amide bonds. The maximum atomic E-state index is 12.9. The lowest BCUT2D eigenvalue weighted by Crippen LogP contribution is -2.35. The minimum Gasteiger partial charge on any atom is -0.353 e. The van der Waals surface area contributed by atoms with Crippen LogP contribution < -0.4 is 10.9 Å². The molecule has 0 saturated heterocycles. The average Bonchev–Trinajstić information content (AvgIpc) is 2.99. The van der Waals surface area contributed by atoms with Crippen LogP contribution in [0.4, 0.5) is 0 Å². The molecule has 0 bridgehead atoms. The third-order valence-corrected chi connectivity index (χ3v) is 6.41.